The van der Waals surface area contributed by atoms with Gasteiger partial charge in [0.2, 0.25) is 23.7 Å². The predicted molar refractivity (Wildman–Crippen MR) is 189 cm³/mol. The van der Waals surface area contributed by atoms with Crippen LogP contribution < -0.4 is 30.0 Å². The number of piperazine rings is 2. The van der Waals surface area contributed by atoms with Gasteiger partial charge in [0.1, 0.15) is 5.39 Å². The lowest BCUT2D eigenvalue weighted by Crippen LogP contribution is -2.51. The van der Waals surface area contributed by atoms with Crippen molar-refractivity contribution in [1.29, 1.82) is 0 Å². The molecule has 1 aliphatic carbocycles. The molecule has 3 fully saturated rings. The smallest absolute Gasteiger partial charge is 0.234 e. The van der Waals surface area contributed by atoms with Crippen molar-refractivity contribution in [3.05, 3.63) is 42.7 Å². The first-order valence-corrected chi connectivity index (χ1v) is 17.0. The topological polar surface area (TPSA) is 115 Å². The maximum absolute atomic E-state index is 12.1. The van der Waals surface area contributed by atoms with Crippen LogP contribution in [0, 0.1) is 5.92 Å². The summed E-state index contributed by atoms with van der Waals surface area (Å²) in [5.41, 5.74) is 3.49. The fourth-order valence-electron chi connectivity index (χ4n) is 6.38. The van der Waals surface area contributed by atoms with Gasteiger partial charge in [-0.2, -0.15) is 0 Å². The summed E-state index contributed by atoms with van der Waals surface area (Å²) in [6.07, 6.45) is 4.69. The minimum Gasteiger partial charge on any atom is -0.493 e. The highest BCUT2D eigenvalue weighted by Crippen LogP contribution is 2.38. The fourth-order valence-corrected chi connectivity index (χ4v) is 6.68. The fraction of sp³-hybridized carbons (Fsp3) is 0.471. The summed E-state index contributed by atoms with van der Waals surface area (Å²) >= 11 is 5.77. The van der Waals surface area contributed by atoms with Gasteiger partial charge in [-0.1, -0.05) is 4.98 Å². The van der Waals surface area contributed by atoms with E-state index in [0.29, 0.717) is 17.5 Å². The lowest BCUT2D eigenvalue weighted by molar-refractivity contribution is -0.367. The van der Waals surface area contributed by atoms with Gasteiger partial charge in [-0.15, -0.1) is 0 Å². The molecular formula is C34H44N9O3S+. The third-order valence-corrected chi connectivity index (χ3v) is 9.76. The maximum atomic E-state index is 12.1. The van der Waals surface area contributed by atoms with Crippen molar-refractivity contribution in [2.45, 2.75) is 19.3 Å². The number of thiocarbonyl (C=S) groups is 1. The van der Waals surface area contributed by atoms with Crippen LogP contribution in [0.4, 0.5) is 17.2 Å². The molecule has 0 atom stereocenters. The molecule has 0 radical (unpaired) electrons. The number of carbonyl (C=O) groups is 1. The van der Waals surface area contributed by atoms with Crippen LogP contribution in [-0.2, 0) is 4.79 Å². The van der Waals surface area contributed by atoms with Gasteiger partial charge in [-0.3, -0.25) is 9.69 Å². The van der Waals surface area contributed by atoms with Crippen LogP contribution in [0.2, 0.25) is 0 Å². The molecule has 0 bridgehead atoms. The Balaban J connectivity index is 0.977. The number of likely N-dealkylation sites (N-methyl/N-ethyl adjacent to an activating group) is 1. The van der Waals surface area contributed by atoms with E-state index in [4.69, 9.17) is 21.7 Å². The molecule has 7 rings (SSSR count). The number of H-pyrrole nitrogens is 2. The molecule has 0 spiro atoms. The zero-order chi connectivity index (χ0) is 32.3. The van der Waals surface area contributed by atoms with E-state index in [0.717, 1.165) is 123 Å². The first-order chi connectivity index (χ1) is 22.9. The van der Waals surface area contributed by atoms with Crippen LogP contribution in [0.5, 0.6) is 11.5 Å². The number of hydrogen-bond acceptors (Lipinski definition) is 8. The van der Waals surface area contributed by atoms with E-state index in [1.807, 2.05) is 30.3 Å². The number of ether oxygens (including phenoxy) is 2. The third-order valence-electron chi connectivity index (χ3n) is 9.40. The Morgan fingerprint density at radius 2 is 1.72 bits per heavy atom. The number of methoxy groups -OCH3 is 1. The number of amides is 1. The van der Waals surface area contributed by atoms with Crippen LogP contribution in [0.15, 0.2) is 42.7 Å². The Morgan fingerprint density at radius 3 is 2.43 bits per heavy atom. The minimum atomic E-state index is 0.107. The summed E-state index contributed by atoms with van der Waals surface area (Å²) in [5, 5.41) is 9.10. The number of benzene rings is 2. The summed E-state index contributed by atoms with van der Waals surface area (Å²) in [4.78, 5) is 33.0. The van der Waals surface area contributed by atoms with Crippen LogP contribution in [0.25, 0.3) is 21.9 Å². The SMILES string of the molecule is COc1cc2c(cc1OCCCN1CCN(C)CC1)[nH]c1nc[nH+]c(N3CCN(C(=S)Nc4ccc(NC(=O)C5CC5)cc4)CC3)c12. The van der Waals surface area contributed by atoms with Crippen molar-refractivity contribution in [3.8, 4) is 11.5 Å². The van der Waals surface area contributed by atoms with Crippen LogP contribution in [0.3, 0.4) is 0 Å². The van der Waals surface area contributed by atoms with Crippen LogP contribution >= 0.6 is 12.2 Å². The number of fused-ring (bicyclic) bond motifs is 3. The Hall–Kier alpha value is -4.20. The van der Waals surface area contributed by atoms with E-state index in [9.17, 15) is 4.79 Å². The van der Waals surface area contributed by atoms with Crippen molar-refractivity contribution in [1.82, 2.24) is 24.7 Å². The van der Waals surface area contributed by atoms with E-state index in [1.165, 1.54) is 0 Å². The van der Waals surface area contributed by atoms with Crippen LogP contribution in [0.1, 0.15) is 19.3 Å². The van der Waals surface area contributed by atoms with E-state index in [-0.39, 0.29) is 11.8 Å². The highest BCUT2D eigenvalue weighted by atomic mass is 32.1. The highest BCUT2D eigenvalue weighted by molar-refractivity contribution is 7.80. The molecule has 12 nitrogen and oxygen atoms in total. The molecule has 2 aromatic heterocycles. The van der Waals surface area contributed by atoms with Crippen molar-refractivity contribution in [2.24, 2.45) is 5.92 Å². The van der Waals surface area contributed by atoms with Crippen molar-refractivity contribution < 1.29 is 19.3 Å². The molecule has 4 heterocycles. The number of carbonyl (C=O) groups excluding carboxylic acids is 1. The van der Waals surface area contributed by atoms with Crippen molar-refractivity contribution in [2.75, 3.05) is 95.2 Å². The van der Waals surface area contributed by atoms with Crippen molar-refractivity contribution in [3.63, 3.8) is 0 Å². The number of hydrogen-bond donors (Lipinski definition) is 3. The van der Waals surface area contributed by atoms with E-state index in [2.05, 4.69) is 58.3 Å². The van der Waals surface area contributed by atoms with E-state index < -0.39 is 0 Å². The standard InChI is InChI=1S/C34H43N9O3S/c1-40-11-13-41(14-12-40)10-3-19-46-29-21-27-26(20-28(29)45-2)30-31(39-27)35-22-36-32(30)42-15-17-43(18-16-42)34(47)38-25-8-6-24(7-9-25)37-33(44)23-4-5-23/h6-9,20-23H,3-5,10-19H2,1-2H3,(H,37,44)(H,38,47)(H,35,36,39)/p+1. The average Bonchev–Trinajstić information content (AvgIpc) is 3.89. The van der Waals surface area contributed by atoms with Crippen LogP contribution in [-0.4, -0.2) is 115 Å². The van der Waals surface area contributed by atoms with E-state index in [1.54, 1.807) is 13.4 Å². The Kier molecular flexibility index (Phi) is 9.27. The molecule has 2 aromatic carbocycles. The van der Waals surface area contributed by atoms with Gasteiger partial charge in [0.15, 0.2) is 16.6 Å². The zero-order valence-corrected chi connectivity index (χ0v) is 28.0. The molecule has 0 unspecified atom stereocenters. The Bertz CT molecular complexity index is 1730. The molecule has 2 aliphatic heterocycles. The summed E-state index contributed by atoms with van der Waals surface area (Å²) in [6.45, 7) is 9.29. The molecule has 2 saturated heterocycles. The largest absolute Gasteiger partial charge is 0.493 e. The first kappa shape index (κ1) is 31.4. The monoisotopic (exact) mass is 658 g/mol. The minimum absolute atomic E-state index is 0.107. The summed E-state index contributed by atoms with van der Waals surface area (Å²) in [5.74, 6) is 2.76. The lowest BCUT2D eigenvalue weighted by atomic mass is 10.1. The predicted octanol–water partition coefficient (Wildman–Crippen LogP) is 3.42. The number of anilines is 3. The highest BCUT2D eigenvalue weighted by Gasteiger charge is 2.30. The molecule has 4 N–H and O–H groups in total. The van der Waals surface area contributed by atoms with Gasteiger partial charge in [-0.25, -0.2) is 4.98 Å². The number of rotatable bonds is 10. The molecule has 47 heavy (non-hydrogen) atoms. The third kappa shape index (κ3) is 7.21. The Labute approximate surface area is 280 Å². The van der Waals surface area contributed by atoms with Gasteiger partial charge < -0.3 is 39.8 Å². The van der Waals surface area contributed by atoms with E-state index >= 15 is 0 Å². The average molecular weight is 659 g/mol. The van der Waals surface area contributed by atoms with Gasteiger partial charge >= 0.3 is 0 Å². The molecule has 13 heteroatoms. The normalized spacial score (nSPS) is 17.7. The second-order valence-corrected chi connectivity index (χ2v) is 13.1. The summed E-state index contributed by atoms with van der Waals surface area (Å²) < 4.78 is 12.0. The van der Waals surface area contributed by atoms with Gasteiger partial charge in [-0.05, 0) is 68.9 Å². The van der Waals surface area contributed by atoms with Gasteiger partial charge in [0.05, 0.1) is 45.4 Å². The Morgan fingerprint density at radius 1 is 1.00 bits per heavy atom. The molecule has 1 saturated carbocycles. The second kappa shape index (κ2) is 13.9. The lowest BCUT2D eigenvalue weighted by Gasteiger charge is -2.34. The molecule has 3 aliphatic rings. The molecule has 1 amide bonds. The molecule has 4 aromatic rings. The number of aromatic nitrogens is 3. The van der Waals surface area contributed by atoms with Gasteiger partial charge in [0.25, 0.3) is 0 Å². The molecular weight excluding hydrogens is 615 g/mol. The summed E-state index contributed by atoms with van der Waals surface area (Å²) in [7, 11) is 3.87. The van der Waals surface area contributed by atoms with Gasteiger partial charge in [0, 0.05) is 61.5 Å². The number of nitrogens with one attached hydrogen (secondary N) is 4. The number of nitrogens with zero attached hydrogens (tertiary/aromatic N) is 5. The second-order valence-electron chi connectivity index (χ2n) is 12.7. The first-order valence-electron chi connectivity index (χ1n) is 16.6. The zero-order valence-electron chi connectivity index (χ0n) is 27.2. The quantitative estimate of drug-likeness (QED) is 0.173. The summed E-state index contributed by atoms with van der Waals surface area (Å²) in [6, 6.07) is 11.8. The molecule has 248 valence electrons. The van der Waals surface area contributed by atoms with Crippen molar-refractivity contribution >= 4 is 62.4 Å². The number of aromatic amines is 2. The maximum Gasteiger partial charge on any atom is 0.234 e.